The molecule has 1 saturated heterocycles. The number of carbonyl (C=O) groups excluding carboxylic acids is 1. The third-order valence-electron chi connectivity index (χ3n) is 3.49. The topological polar surface area (TPSA) is 75.3 Å². The van der Waals surface area contributed by atoms with Crippen LogP contribution in [-0.2, 0) is 14.8 Å². The zero-order valence-electron chi connectivity index (χ0n) is 13.9. The van der Waals surface area contributed by atoms with Crippen LogP contribution < -0.4 is 10.0 Å². The van der Waals surface area contributed by atoms with Gasteiger partial charge in [0.2, 0.25) is 15.9 Å². The first-order valence-electron chi connectivity index (χ1n) is 7.82. The molecular formula is C15H19F3N2O3S3. The zero-order valence-corrected chi connectivity index (χ0v) is 16.4. The van der Waals surface area contributed by atoms with E-state index in [9.17, 15) is 26.4 Å². The highest BCUT2D eigenvalue weighted by Gasteiger charge is 2.58. The van der Waals surface area contributed by atoms with Crippen molar-refractivity contribution in [2.75, 3.05) is 27.3 Å². The van der Waals surface area contributed by atoms with Gasteiger partial charge in [0.1, 0.15) is 0 Å². The minimum Gasteiger partial charge on any atom is -0.326 e. The third-order valence-corrected chi connectivity index (χ3v) is 8.45. The average Bonchev–Trinajstić information content (AvgIpc) is 2.98. The second kappa shape index (κ2) is 8.30. The largest absolute Gasteiger partial charge is 0.412 e. The van der Waals surface area contributed by atoms with E-state index in [4.69, 9.17) is 0 Å². The van der Waals surface area contributed by atoms with Crippen LogP contribution in [0.3, 0.4) is 0 Å². The van der Waals surface area contributed by atoms with Crippen molar-refractivity contribution in [1.82, 2.24) is 0 Å². The second-order valence-corrected chi connectivity index (χ2v) is 10.6. The van der Waals surface area contributed by atoms with E-state index < -0.39 is 32.6 Å². The number of thioether (sulfide) groups is 2. The van der Waals surface area contributed by atoms with E-state index >= 15 is 0 Å². The Morgan fingerprint density at radius 2 is 1.69 bits per heavy atom. The number of amides is 1. The molecular weight excluding hydrogens is 409 g/mol. The summed E-state index contributed by atoms with van der Waals surface area (Å²) in [5.41, 5.74) is 0.629. The van der Waals surface area contributed by atoms with E-state index in [1.807, 2.05) is 0 Å². The van der Waals surface area contributed by atoms with E-state index in [2.05, 4.69) is 10.0 Å². The molecule has 2 N–H and O–H groups in total. The Labute approximate surface area is 158 Å². The zero-order chi connectivity index (χ0) is 19.4. The van der Waals surface area contributed by atoms with Crippen LogP contribution in [0.15, 0.2) is 24.3 Å². The van der Waals surface area contributed by atoms with Crippen LogP contribution in [0.1, 0.15) is 19.8 Å². The molecule has 146 valence electrons. The molecule has 0 aromatic heterocycles. The van der Waals surface area contributed by atoms with Crippen LogP contribution in [0.2, 0.25) is 0 Å². The highest BCUT2D eigenvalue weighted by Crippen LogP contribution is 2.56. The summed E-state index contributed by atoms with van der Waals surface area (Å²) in [4.78, 5) is 12.1. The van der Waals surface area contributed by atoms with E-state index in [1.165, 1.54) is 24.3 Å². The van der Waals surface area contributed by atoms with E-state index in [0.29, 0.717) is 29.3 Å². The summed E-state index contributed by atoms with van der Waals surface area (Å²) < 4.78 is 63.6. The monoisotopic (exact) mass is 428 g/mol. The molecule has 0 spiro atoms. The molecule has 1 amide bonds. The lowest BCUT2D eigenvalue weighted by molar-refractivity contribution is -0.144. The predicted molar refractivity (Wildman–Crippen MR) is 101 cm³/mol. The molecule has 0 atom stereocenters. The minimum atomic E-state index is -4.47. The highest BCUT2D eigenvalue weighted by molar-refractivity contribution is 8.21. The van der Waals surface area contributed by atoms with Crippen LogP contribution in [0, 0.1) is 0 Å². The molecule has 5 nitrogen and oxygen atoms in total. The van der Waals surface area contributed by atoms with Crippen molar-refractivity contribution in [2.45, 2.75) is 30.0 Å². The van der Waals surface area contributed by atoms with E-state index in [-0.39, 0.29) is 5.75 Å². The molecule has 2 rings (SSSR count). The Balaban J connectivity index is 1.99. The minimum absolute atomic E-state index is 0.0135. The number of hydrogen-bond acceptors (Lipinski definition) is 5. The van der Waals surface area contributed by atoms with Gasteiger partial charge in [0.25, 0.3) is 0 Å². The summed E-state index contributed by atoms with van der Waals surface area (Å²) in [5.74, 6) is -0.0439. The fourth-order valence-corrected chi connectivity index (χ4v) is 6.45. The molecule has 0 bridgehead atoms. The summed E-state index contributed by atoms with van der Waals surface area (Å²) in [6.07, 6.45) is -4.67. The number of rotatable bonds is 7. The fraction of sp³-hybridized carbons (Fsp3) is 0.533. The standard InChI is InChI=1S/C15H19F3N2O3S3/c1-2-9-26(22,23)20-12-5-3-11(4-6-12)19-13(21)10-14(15(16,17)18)24-7-8-25-14/h3-6,20H,2,7-10H2,1H3,(H,19,21). The summed E-state index contributed by atoms with van der Waals surface area (Å²) in [6, 6.07) is 5.77. The van der Waals surface area contributed by atoms with Crippen LogP contribution in [0.4, 0.5) is 24.5 Å². The van der Waals surface area contributed by atoms with Gasteiger partial charge in [-0.05, 0) is 30.7 Å². The van der Waals surface area contributed by atoms with Gasteiger partial charge >= 0.3 is 6.18 Å². The van der Waals surface area contributed by atoms with E-state index in [0.717, 1.165) is 23.5 Å². The normalized spacial score (nSPS) is 17.1. The first-order chi connectivity index (χ1) is 12.1. The number of halogens is 3. The van der Waals surface area contributed by atoms with Gasteiger partial charge < -0.3 is 5.32 Å². The van der Waals surface area contributed by atoms with Crippen molar-refractivity contribution in [3.8, 4) is 0 Å². The predicted octanol–water partition coefficient (Wildman–Crippen LogP) is 3.91. The molecule has 1 fully saturated rings. The van der Waals surface area contributed by atoms with Gasteiger partial charge in [0, 0.05) is 22.9 Å². The van der Waals surface area contributed by atoms with Gasteiger partial charge in [0.15, 0.2) is 4.08 Å². The number of carbonyl (C=O) groups is 1. The van der Waals surface area contributed by atoms with Crippen molar-refractivity contribution < 1.29 is 26.4 Å². The molecule has 0 aliphatic carbocycles. The van der Waals surface area contributed by atoms with Crippen LogP contribution in [-0.4, -0.2) is 41.8 Å². The lowest BCUT2D eigenvalue weighted by Gasteiger charge is -2.29. The Kier molecular flexibility index (Phi) is 6.78. The van der Waals surface area contributed by atoms with Gasteiger partial charge in [-0.25, -0.2) is 8.42 Å². The summed E-state index contributed by atoms with van der Waals surface area (Å²) in [6.45, 7) is 1.74. The van der Waals surface area contributed by atoms with Gasteiger partial charge in [0.05, 0.1) is 12.2 Å². The molecule has 1 aromatic rings. The van der Waals surface area contributed by atoms with Crippen molar-refractivity contribution in [3.05, 3.63) is 24.3 Å². The molecule has 1 aromatic carbocycles. The molecule has 11 heteroatoms. The van der Waals surface area contributed by atoms with Gasteiger partial charge in [-0.15, -0.1) is 23.5 Å². The lowest BCUT2D eigenvalue weighted by atomic mass is 10.2. The van der Waals surface area contributed by atoms with Crippen molar-refractivity contribution in [2.24, 2.45) is 0 Å². The van der Waals surface area contributed by atoms with Crippen LogP contribution >= 0.6 is 23.5 Å². The smallest absolute Gasteiger partial charge is 0.326 e. The summed E-state index contributed by atoms with van der Waals surface area (Å²) >= 11 is 1.50. The average molecular weight is 429 g/mol. The molecule has 26 heavy (non-hydrogen) atoms. The van der Waals surface area contributed by atoms with Crippen LogP contribution in [0.5, 0.6) is 0 Å². The molecule has 1 aliphatic rings. The van der Waals surface area contributed by atoms with E-state index in [1.54, 1.807) is 6.92 Å². The third kappa shape index (κ3) is 5.46. The first-order valence-corrected chi connectivity index (χ1v) is 11.4. The molecule has 1 aliphatic heterocycles. The van der Waals surface area contributed by atoms with Crippen molar-refractivity contribution in [3.63, 3.8) is 0 Å². The second-order valence-electron chi connectivity index (χ2n) is 5.67. The SMILES string of the molecule is CCCS(=O)(=O)Nc1ccc(NC(=O)CC2(C(F)(F)F)SCCS2)cc1. The van der Waals surface area contributed by atoms with Gasteiger partial charge in [-0.2, -0.15) is 13.2 Å². The van der Waals surface area contributed by atoms with Crippen molar-refractivity contribution >= 4 is 50.8 Å². The number of nitrogens with one attached hydrogen (secondary N) is 2. The molecule has 1 heterocycles. The van der Waals surface area contributed by atoms with Gasteiger partial charge in [-0.3, -0.25) is 9.52 Å². The van der Waals surface area contributed by atoms with Crippen LogP contribution in [0.25, 0.3) is 0 Å². The maximum Gasteiger partial charge on any atom is 0.412 e. The number of benzene rings is 1. The number of alkyl halides is 3. The number of sulfonamides is 1. The number of anilines is 2. The summed E-state index contributed by atoms with van der Waals surface area (Å²) in [7, 11) is -3.43. The highest BCUT2D eigenvalue weighted by atomic mass is 32.2. The maximum absolute atomic E-state index is 13.3. The Bertz CT molecular complexity index is 731. The lowest BCUT2D eigenvalue weighted by Crippen LogP contribution is -2.40. The maximum atomic E-state index is 13.3. The fourth-order valence-electron chi connectivity index (χ4n) is 2.36. The Hall–Kier alpha value is -1.07. The van der Waals surface area contributed by atoms with Gasteiger partial charge in [-0.1, -0.05) is 6.92 Å². The quantitative estimate of drug-likeness (QED) is 0.689. The first kappa shape index (κ1) is 21.2. The van der Waals surface area contributed by atoms with Crippen molar-refractivity contribution in [1.29, 1.82) is 0 Å². The Morgan fingerprint density at radius 3 is 2.19 bits per heavy atom. The Morgan fingerprint density at radius 1 is 1.15 bits per heavy atom. The summed E-state index contributed by atoms with van der Waals surface area (Å²) in [5, 5.41) is 2.44. The molecule has 0 radical (unpaired) electrons. The number of hydrogen-bond donors (Lipinski definition) is 2. The molecule has 0 saturated carbocycles. The molecule has 0 unspecified atom stereocenters.